The highest BCUT2D eigenvalue weighted by Crippen LogP contribution is 2.19. The molecule has 1 amide bonds. The normalized spacial score (nSPS) is 12.0. The zero-order chi connectivity index (χ0) is 15.9. The van der Waals surface area contributed by atoms with Crippen molar-refractivity contribution >= 4 is 29.3 Å². The fourth-order valence-corrected chi connectivity index (χ4v) is 3.02. The summed E-state index contributed by atoms with van der Waals surface area (Å²) in [5.74, 6) is 0.873. The minimum absolute atomic E-state index is 0.0389. The van der Waals surface area contributed by atoms with Crippen molar-refractivity contribution in [2.45, 2.75) is 31.4 Å². The van der Waals surface area contributed by atoms with Crippen LogP contribution >= 0.6 is 23.4 Å². The lowest BCUT2D eigenvalue weighted by Crippen LogP contribution is -2.30. The summed E-state index contributed by atoms with van der Waals surface area (Å²) < 4.78 is 0. The van der Waals surface area contributed by atoms with Crippen molar-refractivity contribution in [1.82, 2.24) is 5.32 Å². The van der Waals surface area contributed by atoms with Gasteiger partial charge in [0.25, 0.3) is 0 Å². The van der Waals surface area contributed by atoms with Gasteiger partial charge in [-0.3, -0.25) is 4.79 Å². The molecular formula is C18H20ClNOS. The molecule has 0 bridgehead atoms. The first-order valence-electron chi connectivity index (χ1n) is 7.24. The molecule has 1 N–H and O–H groups in total. The standard InChI is InChI=1S/C18H20ClNOS/c1-13-7-9-15(10-8-13)12-22-14(2)18(21)20-11-16-5-3-4-6-17(16)19/h3-10,14H,11-12H2,1-2H3,(H,20,21)/t14-/m0/s1. The Morgan fingerprint density at radius 2 is 1.86 bits per heavy atom. The lowest BCUT2D eigenvalue weighted by atomic mass is 10.2. The van der Waals surface area contributed by atoms with Crippen molar-refractivity contribution < 1.29 is 4.79 Å². The monoisotopic (exact) mass is 333 g/mol. The largest absolute Gasteiger partial charge is 0.351 e. The molecule has 0 saturated heterocycles. The van der Waals surface area contributed by atoms with Gasteiger partial charge in [-0.2, -0.15) is 0 Å². The number of thioether (sulfide) groups is 1. The minimum atomic E-state index is -0.0937. The van der Waals surface area contributed by atoms with E-state index in [1.165, 1.54) is 11.1 Å². The Labute approximate surface area is 141 Å². The Morgan fingerprint density at radius 1 is 1.18 bits per heavy atom. The highest BCUT2D eigenvalue weighted by molar-refractivity contribution is 7.99. The zero-order valence-corrected chi connectivity index (χ0v) is 14.4. The summed E-state index contributed by atoms with van der Waals surface area (Å²) in [6.45, 7) is 4.47. The van der Waals surface area contributed by atoms with Crippen molar-refractivity contribution in [3.8, 4) is 0 Å². The third kappa shape index (κ3) is 5.08. The third-order valence-electron chi connectivity index (χ3n) is 3.40. The van der Waals surface area contributed by atoms with Crippen LogP contribution in [-0.2, 0) is 17.1 Å². The average Bonchev–Trinajstić information content (AvgIpc) is 2.53. The number of hydrogen-bond donors (Lipinski definition) is 1. The van der Waals surface area contributed by atoms with E-state index >= 15 is 0 Å². The van der Waals surface area contributed by atoms with E-state index in [4.69, 9.17) is 11.6 Å². The maximum Gasteiger partial charge on any atom is 0.233 e. The van der Waals surface area contributed by atoms with Crippen LogP contribution in [0.15, 0.2) is 48.5 Å². The fraction of sp³-hybridized carbons (Fsp3) is 0.278. The van der Waals surface area contributed by atoms with Gasteiger partial charge >= 0.3 is 0 Å². The summed E-state index contributed by atoms with van der Waals surface area (Å²) in [7, 11) is 0. The molecule has 0 aliphatic carbocycles. The molecule has 2 nitrogen and oxygen atoms in total. The Balaban J connectivity index is 1.79. The van der Waals surface area contributed by atoms with E-state index in [0.29, 0.717) is 11.6 Å². The molecule has 2 rings (SSSR count). The summed E-state index contributed by atoms with van der Waals surface area (Å²) in [4.78, 5) is 12.1. The molecule has 0 radical (unpaired) electrons. The molecule has 0 unspecified atom stereocenters. The van der Waals surface area contributed by atoms with Gasteiger partial charge < -0.3 is 5.32 Å². The van der Waals surface area contributed by atoms with Crippen LogP contribution in [0.1, 0.15) is 23.6 Å². The number of amides is 1. The molecule has 0 spiro atoms. The Kier molecular flexibility index (Phi) is 6.34. The molecule has 0 heterocycles. The third-order valence-corrected chi connectivity index (χ3v) is 4.98. The summed E-state index contributed by atoms with van der Waals surface area (Å²) in [5.41, 5.74) is 3.42. The van der Waals surface area contributed by atoms with E-state index < -0.39 is 0 Å². The van der Waals surface area contributed by atoms with E-state index in [9.17, 15) is 4.79 Å². The molecule has 4 heteroatoms. The number of aryl methyl sites for hydroxylation is 1. The van der Waals surface area contributed by atoms with Crippen molar-refractivity contribution in [1.29, 1.82) is 0 Å². The zero-order valence-electron chi connectivity index (χ0n) is 12.8. The number of carbonyl (C=O) groups is 1. The smallest absolute Gasteiger partial charge is 0.233 e. The molecule has 116 valence electrons. The van der Waals surface area contributed by atoms with Gasteiger partial charge in [0, 0.05) is 17.3 Å². The first-order chi connectivity index (χ1) is 10.6. The van der Waals surface area contributed by atoms with Gasteiger partial charge in [-0.15, -0.1) is 11.8 Å². The van der Waals surface area contributed by atoms with Crippen molar-refractivity contribution in [3.05, 3.63) is 70.2 Å². The summed E-state index contributed by atoms with van der Waals surface area (Å²) in [6.07, 6.45) is 0. The lowest BCUT2D eigenvalue weighted by Gasteiger charge is -2.13. The van der Waals surface area contributed by atoms with Crippen LogP contribution in [0.5, 0.6) is 0 Å². The van der Waals surface area contributed by atoms with Gasteiger partial charge in [-0.1, -0.05) is 59.6 Å². The van der Waals surface area contributed by atoms with E-state index in [1.54, 1.807) is 11.8 Å². The van der Waals surface area contributed by atoms with Gasteiger partial charge in [-0.25, -0.2) is 0 Å². The SMILES string of the molecule is Cc1ccc(CS[C@@H](C)C(=O)NCc2ccccc2Cl)cc1. The number of rotatable bonds is 6. The van der Waals surface area contributed by atoms with Gasteiger partial charge in [0.15, 0.2) is 0 Å². The molecule has 0 aliphatic rings. The molecule has 1 atom stereocenters. The Hall–Kier alpha value is -1.45. The molecule has 0 aliphatic heterocycles. The van der Waals surface area contributed by atoms with Crippen LogP contribution in [0.4, 0.5) is 0 Å². The average molecular weight is 334 g/mol. The Morgan fingerprint density at radius 3 is 2.55 bits per heavy atom. The molecule has 2 aromatic carbocycles. The van der Waals surface area contributed by atoms with E-state index in [-0.39, 0.29) is 11.2 Å². The summed E-state index contributed by atoms with van der Waals surface area (Å²) in [6, 6.07) is 16.0. The molecule has 0 aromatic heterocycles. The number of hydrogen-bond acceptors (Lipinski definition) is 2. The van der Waals surface area contributed by atoms with E-state index in [0.717, 1.165) is 11.3 Å². The molecule has 0 saturated carbocycles. The summed E-state index contributed by atoms with van der Waals surface area (Å²) >= 11 is 7.72. The quantitative estimate of drug-likeness (QED) is 0.838. The van der Waals surface area contributed by atoms with E-state index in [2.05, 4.69) is 36.5 Å². The molecular weight excluding hydrogens is 314 g/mol. The van der Waals surface area contributed by atoms with Crippen molar-refractivity contribution in [2.75, 3.05) is 0 Å². The van der Waals surface area contributed by atoms with Gasteiger partial charge in [0.1, 0.15) is 0 Å². The Bertz CT molecular complexity index is 627. The first kappa shape index (κ1) is 16.9. The maximum absolute atomic E-state index is 12.1. The van der Waals surface area contributed by atoms with E-state index in [1.807, 2.05) is 31.2 Å². The van der Waals surface area contributed by atoms with Crippen LogP contribution in [0.25, 0.3) is 0 Å². The number of benzene rings is 2. The van der Waals surface area contributed by atoms with Gasteiger partial charge in [0.2, 0.25) is 5.91 Å². The van der Waals surface area contributed by atoms with Crippen LogP contribution < -0.4 is 5.32 Å². The lowest BCUT2D eigenvalue weighted by molar-refractivity contribution is -0.120. The molecule has 22 heavy (non-hydrogen) atoms. The van der Waals surface area contributed by atoms with Crippen LogP contribution in [0, 0.1) is 6.92 Å². The predicted molar refractivity (Wildman–Crippen MR) is 95.2 cm³/mol. The molecule has 2 aromatic rings. The topological polar surface area (TPSA) is 29.1 Å². The second kappa shape index (κ2) is 8.25. The second-order valence-electron chi connectivity index (χ2n) is 5.25. The number of carbonyl (C=O) groups excluding carboxylic acids is 1. The fourth-order valence-electron chi connectivity index (χ4n) is 1.95. The van der Waals surface area contributed by atoms with Gasteiger partial charge in [-0.05, 0) is 31.0 Å². The minimum Gasteiger partial charge on any atom is -0.351 e. The maximum atomic E-state index is 12.1. The van der Waals surface area contributed by atoms with Crippen molar-refractivity contribution in [3.63, 3.8) is 0 Å². The highest BCUT2D eigenvalue weighted by Gasteiger charge is 2.13. The van der Waals surface area contributed by atoms with Crippen LogP contribution in [0.3, 0.4) is 0 Å². The number of nitrogens with one attached hydrogen (secondary N) is 1. The van der Waals surface area contributed by atoms with Crippen LogP contribution in [-0.4, -0.2) is 11.2 Å². The first-order valence-corrected chi connectivity index (χ1v) is 8.67. The predicted octanol–water partition coefficient (Wildman–Crippen LogP) is 4.59. The number of halogens is 1. The molecule has 0 fully saturated rings. The van der Waals surface area contributed by atoms with Crippen LogP contribution in [0.2, 0.25) is 5.02 Å². The van der Waals surface area contributed by atoms with Gasteiger partial charge in [0.05, 0.1) is 5.25 Å². The summed E-state index contributed by atoms with van der Waals surface area (Å²) in [5, 5.41) is 3.53. The highest BCUT2D eigenvalue weighted by atomic mass is 35.5. The van der Waals surface area contributed by atoms with Crippen molar-refractivity contribution in [2.24, 2.45) is 0 Å². The second-order valence-corrected chi connectivity index (χ2v) is 6.98.